The predicted molar refractivity (Wildman–Crippen MR) is 105 cm³/mol. The molecule has 7 nitrogen and oxygen atoms in total. The number of sulfonamides is 1. The first-order valence-electron chi connectivity index (χ1n) is 8.42. The average Bonchev–Trinajstić information content (AvgIpc) is 2.59. The number of hydrogen-bond donors (Lipinski definition) is 1. The van der Waals surface area contributed by atoms with Crippen LogP contribution >= 0.6 is 11.6 Å². The van der Waals surface area contributed by atoms with Crippen LogP contribution in [0, 0.1) is 6.92 Å². The molecule has 148 valence electrons. The lowest BCUT2D eigenvalue weighted by atomic mass is 10.0. The number of carbonyl (C=O) groups is 2. The first-order chi connectivity index (χ1) is 13.0. The summed E-state index contributed by atoms with van der Waals surface area (Å²) in [7, 11) is -4.05. The molecule has 1 aliphatic heterocycles. The Labute approximate surface area is 168 Å². The van der Waals surface area contributed by atoms with E-state index in [0.717, 1.165) is 5.56 Å². The van der Waals surface area contributed by atoms with Crippen LogP contribution in [0.15, 0.2) is 47.4 Å². The Hall–Kier alpha value is -2.58. The highest BCUT2D eigenvalue weighted by Gasteiger charge is 2.42. The molecular formula is C19H19ClN2O5S. The van der Waals surface area contributed by atoms with Gasteiger partial charge in [-0.15, -0.1) is 0 Å². The number of hydrogen-bond acceptors (Lipinski definition) is 5. The van der Waals surface area contributed by atoms with Crippen molar-refractivity contribution >= 4 is 39.1 Å². The molecule has 2 aromatic rings. The summed E-state index contributed by atoms with van der Waals surface area (Å²) in [5.41, 5.74) is -0.0173. The molecule has 1 heterocycles. The molecular weight excluding hydrogens is 404 g/mol. The van der Waals surface area contributed by atoms with Crippen molar-refractivity contribution in [1.82, 2.24) is 4.72 Å². The van der Waals surface area contributed by atoms with E-state index in [1.54, 1.807) is 38.1 Å². The molecule has 0 radical (unpaired) electrons. The zero-order valence-corrected chi connectivity index (χ0v) is 17.1. The quantitative estimate of drug-likeness (QED) is 0.817. The number of rotatable bonds is 4. The van der Waals surface area contributed by atoms with Crippen LogP contribution in [-0.4, -0.2) is 32.4 Å². The van der Waals surface area contributed by atoms with E-state index in [1.165, 1.54) is 23.1 Å². The van der Waals surface area contributed by atoms with Crippen molar-refractivity contribution in [2.24, 2.45) is 0 Å². The maximum Gasteiger partial charge on any atom is 0.271 e. The van der Waals surface area contributed by atoms with Crippen LogP contribution in [0.25, 0.3) is 0 Å². The van der Waals surface area contributed by atoms with Crippen LogP contribution in [0.5, 0.6) is 5.75 Å². The molecule has 0 saturated carbocycles. The highest BCUT2D eigenvalue weighted by atomic mass is 35.5. The minimum Gasteiger partial charge on any atom is -0.476 e. The minimum absolute atomic E-state index is 0.0384. The Kier molecular flexibility index (Phi) is 5.12. The van der Waals surface area contributed by atoms with Crippen molar-refractivity contribution in [1.29, 1.82) is 0 Å². The molecule has 0 fully saturated rings. The molecule has 0 spiro atoms. The SMILES string of the molecule is Cc1ccc(S(=O)(=O)NC(=O)CN2C(=O)C(C)(C)Oc3ccc(Cl)cc32)cc1. The fourth-order valence-corrected chi connectivity index (χ4v) is 3.94. The monoisotopic (exact) mass is 422 g/mol. The number of nitrogens with zero attached hydrogens (tertiary/aromatic N) is 1. The number of aryl methyl sites for hydroxylation is 1. The molecule has 2 aromatic carbocycles. The van der Waals surface area contributed by atoms with E-state index in [4.69, 9.17) is 16.3 Å². The summed E-state index contributed by atoms with van der Waals surface area (Å²) >= 11 is 6.01. The number of fused-ring (bicyclic) bond motifs is 1. The van der Waals surface area contributed by atoms with Gasteiger partial charge in [0, 0.05) is 5.02 Å². The maximum atomic E-state index is 12.8. The third kappa shape index (κ3) is 3.98. The predicted octanol–water partition coefficient (Wildman–Crippen LogP) is 2.66. The molecule has 0 aliphatic carbocycles. The van der Waals surface area contributed by atoms with Gasteiger partial charge in [0.15, 0.2) is 5.60 Å². The van der Waals surface area contributed by atoms with E-state index in [-0.39, 0.29) is 4.90 Å². The van der Waals surface area contributed by atoms with Crippen molar-refractivity contribution in [3.63, 3.8) is 0 Å². The summed E-state index contributed by atoms with van der Waals surface area (Å²) in [6.07, 6.45) is 0. The molecule has 0 unspecified atom stereocenters. The Balaban J connectivity index is 1.86. The number of anilines is 1. The lowest BCUT2D eigenvalue weighted by molar-refractivity contribution is -0.134. The number of amides is 2. The van der Waals surface area contributed by atoms with Gasteiger partial charge in [0.25, 0.3) is 21.8 Å². The Morgan fingerprint density at radius 3 is 2.46 bits per heavy atom. The second-order valence-corrected chi connectivity index (χ2v) is 9.08. The van der Waals surface area contributed by atoms with Gasteiger partial charge in [0.05, 0.1) is 10.6 Å². The number of nitrogens with one attached hydrogen (secondary N) is 1. The van der Waals surface area contributed by atoms with Gasteiger partial charge in [0.2, 0.25) is 0 Å². The van der Waals surface area contributed by atoms with E-state index >= 15 is 0 Å². The van der Waals surface area contributed by atoms with Crippen LogP contribution in [0.1, 0.15) is 19.4 Å². The summed E-state index contributed by atoms with van der Waals surface area (Å²) in [6.45, 7) is 4.47. The molecule has 0 bridgehead atoms. The van der Waals surface area contributed by atoms with Crippen LogP contribution < -0.4 is 14.4 Å². The summed E-state index contributed by atoms with van der Waals surface area (Å²) in [5.74, 6) is -0.953. The van der Waals surface area contributed by atoms with E-state index in [2.05, 4.69) is 0 Å². The molecule has 28 heavy (non-hydrogen) atoms. The van der Waals surface area contributed by atoms with E-state index in [9.17, 15) is 18.0 Å². The van der Waals surface area contributed by atoms with Gasteiger partial charge in [-0.2, -0.15) is 0 Å². The molecule has 0 aromatic heterocycles. The van der Waals surface area contributed by atoms with E-state index in [0.29, 0.717) is 16.5 Å². The zero-order valence-electron chi connectivity index (χ0n) is 15.5. The highest BCUT2D eigenvalue weighted by molar-refractivity contribution is 7.90. The summed E-state index contributed by atoms with van der Waals surface area (Å²) in [5, 5.41) is 0.354. The van der Waals surface area contributed by atoms with Gasteiger partial charge in [-0.25, -0.2) is 13.1 Å². The fourth-order valence-electron chi connectivity index (χ4n) is 2.80. The lowest BCUT2D eigenvalue weighted by Gasteiger charge is -2.38. The smallest absolute Gasteiger partial charge is 0.271 e. The number of ether oxygens (including phenoxy) is 1. The van der Waals surface area contributed by atoms with Gasteiger partial charge in [-0.3, -0.25) is 14.5 Å². The average molecular weight is 423 g/mol. The van der Waals surface area contributed by atoms with E-state index in [1.807, 2.05) is 11.6 Å². The van der Waals surface area contributed by atoms with Crippen LogP contribution in [0.3, 0.4) is 0 Å². The normalized spacial score (nSPS) is 15.6. The molecule has 9 heteroatoms. The standard InChI is InChI=1S/C19H19ClN2O5S/c1-12-4-7-14(8-5-12)28(25,26)21-17(23)11-22-15-10-13(20)6-9-16(15)27-19(2,3)18(22)24/h4-10H,11H2,1-3H3,(H,21,23). The van der Waals surface area contributed by atoms with Gasteiger partial charge in [-0.05, 0) is 51.1 Å². The van der Waals surface area contributed by atoms with Crippen LogP contribution in [0.4, 0.5) is 5.69 Å². The van der Waals surface area contributed by atoms with Gasteiger partial charge in [-0.1, -0.05) is 29.3 Å². The summed E-state index contributed by atoms with van der Waals surface area (Å²) < 4.78 is 32.5. The zero-order chi connectivity index (χ0) is 20.7. The Morgan fingerprint density at radius 2 is 1.82 bits per heavy atom. The van der Waals surface area contributed by atoms with Crippen LogP contribution in [0.2, 0.25) is 5.02 Å². The first-order valence-corrected chi connectivity index (χ1v) is 10.3. The second-order valence-electron chi connectivity index (χ2n) is 6.96. The van der Waals surface area contributed by atoms with Crippen LogP contribution in [-0.2, 0) is 19.6 Å². The molecule has 0 atom stereocenters. The van der Waals surface area contributed by atoms with Gasteiger partial charge >= 0.3 is 0 Å². The van der Waals surface area contributed by atoms with Gasteiger partial charge in [0.1, 0.15) is 12.3 Å². The summed E-state index contributed by atoms with van der Waals surface area (Å²) in [6, 6.07) is 10.8. The van der Waals surface area contributed by atoms with E-state index < -0.39 is 34.0 Å². The fraction of sp³-hybridized carbons (Fsp3) is 0.263. The third-order valence-corrected chi connectivity index (χ3v) is 5.84. The topological polar surface area (TPSA) is 92.8 Å². The number of benzene rings is 2. The third-order valence-electron chi connectivity index (χ3n) is 4.22. The lowest BCUT2D eigenvalue weighted by Crippen LogP contribution is -2.55. The second kappa shape index (κ2) is 7.10. The van der Waals surface area contributed by atoms with Gasteiger partial charge < -0.3 is 4.74 Å². The van der Waals surface area contributed by atoms with Crippen molar-refractivity contribution in [2.75, 3.05) is 11.4 Å². The molecule has 3 rings (SSSR count). The molecule has 1 aliphatic rings. The highest BCUT2D eigenvalue weighted by Crippen LogP contribution is 2.39. The molecule has 1 N–H and O–H groups in total. The Morgan fingerprint density at radius 1 is 1.18 bits per heavy atom. The molecule has 0 saturated heterocycles. The van der Waals surface area contributed by atoms with Crippen molar-refractivity contribution < 1.29 is 22.7 Å². The minimum atomic E-state index is -4.05. The van der Waals surface area contributed by atoms with Crippen molar-refractivity contribution in [2.45, 2.75) is 31.3 Å². The molecule has 2 amide bonds. The summed E-state index contributed by atoms with van der Waals surface area (Å²) in [4.78, 5) is 26.4. The van der Waals surface area contributed by atoms with Crippen molar-refractivity contribution in [3.05, 3.63) is 53.1 Å². The maximum absolute atomic E-state index is 12.8. The largest absolute Gasteiger partial charge is 0.476 e. The number of carbonyl (C=O) groups excluding carboxylic acids is 2. The first kappa shape index (κ1) is 20.2. The number of halogens is 1. The Bertz CT molecular complexity index is 1050. The van der Waals surface area contributed by atoms with Crippen molar-refractivity contribution in [3.8, 4) is 5.75 Å².